The number of hydrazone groups is 1. The molecule has 146 valence electrons. The van der Waals surface area contributed by atoms with E-state index >= 15 is 0 Å². The van der Waals surface area contributed by atoms with Gasteiger partial charge in [0.15, 0.2) is 18.1 Å². The highest BCUT2D eigenvalue weighted by Crippen LogP contribution is 2.27. The van der Waals surface area contributed by atoms with E-state index in [0.717, 1.165) is 18.4 Å². The number of carbonyl (C=O) groups excluding carboxylic acids is 1. The molecule has 0 aliphatic heterocycles. The molecule has 0 unspecified atom stereocenters. The molecule has 0 bridgehead atoms. The van der Waals surface area contributed by atoms with Crippen LogP contribution in [0.3, 0.4) is 0 Å². The Balaban J connectivity index is 1.87. The second-order valence-corrected chi connectivity index (χ2v) is 5.80. The summed E-state index contributed by atoms with van der Waals surface area (Å²) in [6.07, 6.45) is 3.53. The Morgan fingerprint density at radius 2 is 2.00 bits per heavy atom. The highest BCUT2D eigenvalue weighted by Gasteiger charge is 2.07. The number of nitrogens with one attached hydrogen (secondary N) is 1. The first-order valence-electron chi connectivity index (χ1n) is 8.92. The topological polar surface area (TPSA) is 92.9 Å². The summed E-state index contributed by atoms with van der Waals surface area (Å²) < 4.78 is 16.4. The molecule has 1 amide bonds. The SMILES string of the molecule is CCCCOc1ccc(/C=N/NC(=O)COc2ccccc2C#N)cc1OC. The lowest BCUT2D eigenvalue weighted by molar-refractivity contribution is -0.123. The average Bonchev–Trinajstić information content (AvgIpc) is 2.73. The van der Waals surface area contributed by atoms with Gasteiger partial charge in [-0.05, 0) is 42.3 Å². The zero-order chi connectivity index (χ0) is 20.2. The average molecular weight is 381 g/mol. The van der Waals surface area contributed by atoms with Gasteiger partial charge in [0, 0.05) is 0 Å². The number of ether oxygens (including phenoxy) is 3. The maximum atomic E-state index is 11.9. The molecule has 0 saturated carbocycles. The lowest BCUT2D eigenvalue weighted by atomic mass is 10.2. The van der Waals surface area contributed by atoms with E-state index in [1.807, 2.05) is 12.1 Å². The number of rotatable bonds is 10. The summed E-state index contributed by atoms with van der Waals surface area (Å²) in [7, 11) is 1.57. The van der Waals surface area contributed by atoms with Crippen LogP contribution in [-0.4, -0.2) is 32.4 Å². The van der Waals surface area contributed by atoms with E-state index in [4.69, 9.17) is 19.5 Å². The number of para-hydroxylation sites is 1. The molecule has 2 aromatic carbocycles. The Kier molecular flexibility index (Phi) is 8.34. The molecule has 0 atom stereocenters. The van der Waals surface area contributed by atoms with Crippen LogP contribution in [0.2, 0.25) is 0 Å². The van der Waals surface area contributed by atoms with Crippen molar-refractivity contribution in [3.05, 3.63) is 53.6 Å². The lowest BCUT2D eigenvalue weighted by Crippen LogP contribution is -2.24. The standard InChI is InChI=1S/C21H23N3O4/c1-3-4-11-27-19-10-9-16(12-20(19)26-2)14-23-24-21(25)15-28-18-8-6-5-7-17(18)13-22/h5-10,12,14H,3-4,11,15H2,1-2H3,(H,24,25)/b23-14+. The van der Waals surface area contributed by atoms with Crippen LogP contribution in [0.1, 0.15) is 30.9 Å². The van der Waals surface area contributed by atoms with E-state index in [1.165, 1.54) is 6.21 Å². The Bertz CT molecular complexity index is 859. The minimum absolute atomic E-state index is 0.246. The van der Waals surface area contributed by atoms with Crippen molar-refractivity contribution in [3.8, 4) is 23.3 Å². The van der Waals surface area contributed by atoms with Crippen LogP contribution in [0, 0.1) is 11.3 Å². The molecule has 0 aromatic heterocycles. The number of methoxy groups -OCH3 is 1. The fourth-order valence-corrected chi connectivity index (χ4v) is 2.25. The normalized spacial score (nSPS) is 10.3. The first kappa shape index (κ1) is 20.8. The number of carbonyl (C=O) groups is 1. The van der Waals surface area contributed by atoms with Crippen molar-refractivity contribution in [1.82, 2.24) is 5.43 Å². The number of nitrogens with zero attached hydrogens (tertiary/aromatic N) is 2. The molecule has 7 heteroatoms. The summed E-state index contributed by atoms with van der Waals surface area (Å²) in [5.74, 6) is 1.19. The van der Waals surface area contributed by atoms with Crippen LogP contribution >= 0.6 is 0 Å². The largest absolute Gasteiger partial charge is 0.493 e. The molecular formula is C21H23N3O4. The van der Waals surface area contributed by atoms with Gasteiger partial charge in [-0.2, -0.15) is 10.4 Å². The van der Waals surface area contributed by atoms with Gasteiger partial charge in [0.2, 0.25) is 0 Å². The Morgan fingerprint density at radius 1 is 1.18 bits per heavy atom. The van der Waals surface area contributed by atoms with Crippen molar-refractivity contribution in [2.45, 2.75) is 19.8 Å². The quantitative estimate of drug-likeness (QED) is 0.387. The maximum Gasteiger partial charge on any atom is 0.277 e. The monoisotopic (exact) mass is 381 g/mol. The van der Waals surface area contributed by atoms with Crippen molar-refractivity contribution in [2.24, 2.45) is 5.10 Å². The molecule has 1 N–H and O–H groups in total. The van der Waals surface area contributed by atoms with Crippen LogP contribution in [0.5, 0.6) is 17.2 Å². The number of benzene rings is 2. The van der Waals surface area contributed by atoms with Crippen LogP contribution in [0.25, 0.3) is 0 Å². The summed E-state index contributed by atoms with van der Waals surface area (Å²) in [4.78, 5) is 11.9. The van der Waals surface area contributed by atoms with Gasteiger partial charge in [-0.1, -0.05) is 25.5 Å². The van der Waals surface area contributed by atoms with Gasteiger partial charge in [0.1, 0.15) is 11.8 Å². The van der Waals surface area contributed by atoms with Gasteiger partial charge in [0.25, 0.3) is 5.91 Å². The molecule has 0 radical (unpaired) electrons. The summed E-state index contributed by atoms with van der Waals surface area (Å²) in [5.41, 5.74) is 3.50. The van der Waals surface area contributed by atoms with E-state index in [-0.39, 0.29) is 6.61 Å². The Hall–Kier alpha value is -3.53. The minimum Gasteiger partial charge on any atom is -0.493 e. The predicted octanol–water partition coefficient (Wildman–Crippen LogP) is 3.27. The highest BCUT2D eigenvalue weighted by molar-refractivity contribution is 5.83. The molecule has 0 aliphatic rings. The van der Waals surface area contributed by atoms with Crippen molar-refractivity contribution in [2.75, 3.05) is 20.3 Å². The van der Waals surface area contributed by atoms with Crippen LogP contribution in [-0.2, 0) is 4.79 Å². The van der Waals surface area contributed by atoms with Crippen molar-refractivity contribution >= 4 is 12.1 Å². The predicted molar refractivity (Wildman–Crippen MR) is 106 cm³/mol. The maximum absolute atomic E-state index is 11.9. The molecule has 0 spiro atoms. The second kappa shape index (κ2) is 11.2. The third kappa shape index (κ3) is 6.32. The molecule has 0 heterocycles. The number of hydrogen-bond acceptors (Lipinski definition) is 6. The summed E-state index contributed by atoms with van der Waals surface area (Å²) in [6.45, 7) is 2.48. The van der Waals surface area contributed by atoms with Gasteiger partial charge in [0.05, 0.1) is 25.5 Å². The molecule has 7 nitrogen and oxygen atoms in total. The highest BCUT2D eigenvalue weighted by atomic mass is 16.5. The van der Waals surface area contributed by atoms with Gasteiger partial charge < -0.3 is 14.2 Å². The van der Waals surface area contributed by atoms with E-state index in [0.29, 0.717) is 29.4 Å². The van der Waals surface area contributed by atoms with Crippen molar-refractivity contribution in [1.29, 1.82) is 5.26 Å². The van der Waals surface area contributed by atoms with E-state index in [9.17, 15) is 4.79 Å². The zero-order valence-corrected chi connectivity index (χ0v) is 16.0. The van der Waals surface area contributed by atoms with Gasteiger partial charge >= 0.3 is 0 Å². The van der Waals surface area contributed by atoms with Gasteiger partial charge in [-0.3, -0.25) is 4.79 Å². The fourth-order valence-electron chi connectivity index (χ4n) is 2.25. The molecular weight excluding hydrogens is 358 g/mol. The zero-order valence-electron chi connectivity index (χ0n) is 16.0. The van der Waals surface area contributed by atoms with Gasteiger partial charge in [-0.15, -0.1) is 0 Å². The third-order valence-corrected chi connectivity index (χ3v) is 3.71. The molecule has 0 fully saturated rings. The van der Waals surface area contributed by atoms with E-state index < -0.39 is 5.91 Å². The molecule has 28 heavy (non-hydrogen) atoms. The first-order chi connectivity index (χ1) is 13.7. The minimum atomic E-state index is -0.435. The lowest BCUT2D eigenvalue weighted by Gasteiger charge is -2.10. The summed E-state index contributed by atoms with van der Waals surface area (Å²) >= 11 is 0. The molecule has 2 aromatic rings. The summed E-state index contributed by atoms with van der Waals surface area (Å²) in [6, 6.07) is 14.1. The van der Waals surface area contributed by atoms with E-state index in [2.05, 4.69) is 17.5 Å². The summed E-state index contributed by atoms with van der Waals surface area (Å²) in [5, 5.41) is 12.9. The van der Waals surface area contributed by atoms with Crippen molar-refractivity contribution in [3.63, 3.8) is 0 Å². The Labute approximate surface area is 164 Å². The van der Waals surface area contributed by atoms with Gasteiger partial charge in [-0.25, -0.2) is 5.43 Å². The van der Waals surface area contributed by atoms with E-state index in [1.54, 1.807) is 43.5 Å². The first-order valence-corrected chi connectivity index (χ1v) is 8.92. The Morgan fingerprint density at radius 3 is 2.75 bits per heavy atom. The fraction of sp³-hybridized carbons (Fsp3) is 0.286. The smallest absolute Gasteiger partial charge is 0.277 e. The molecule has 0 saturated heterocycles. The van der Waals surface area contributed by atoms with Crippen molar-refractivity contribution < 1.29 is 19.0 Å². The second-order valence-electron chi connectivity index (χ2n) is 5.80. The van der Waals surface area contributed by atoms with Crippen LogP contribution in [0.4, 0.5) is 0 Å². The third-order valence-electron chi connectivity index (χ3n) is 3.71. The van der Waals surface area contributed by atoms with Crippen LogP contribution < -0.4 is 19.6 Å². The van der Waals surface area contributed by atoms with Crippen LogP contribution in [0.15, 0.2) is 47.6 Å². The molecule has 0 aliphatic carbocycles. The number of nitriles is 1. The number of unbranched alkanes of at least 4 members (excludes halogenated alkanes) is 1. The molecule has 2 rings (SSSR count). The number of amides is 1. The number of hydrogen-bond donors (Lipinski definition) is 1.